The number of aromatic nitrogens is 4. The third kappa shape index (κ3) is 123. The van der Waals surface area contributed by atoms with Gasteiger partial charge in [-0.1, -0.05) is 24.3 Å². The van der Waals surface area contributed by atoms with Gasteiger partial charge in [0.15, 0.2) is 0 Å². The summed E-state index contributed by atoms with van der Waals surface area (Å²) in [4.78, 5) is 34.0. The van der Waals surface area contributed by atoms with Gasteiger partial charge in [0.2, 0.25) is 0 Å². The van der Waals surface area contributed by atoms with E-state index in [0.29, 0.717) is 0 Å². The number of ketones is 2. The molecule has 0 aliphatic heterocycles. The summed E-state index contributed by atoms with van der Waals surface area (Å²) in [7, 11) is -12.0. The van der Waals surface area contributed by atoms with Gasteiger partial charge in [0.25, 0.3) is 0 Å². The molecule has 0 fully saturated rings. The first-order valence-corrected chi connectivity index (χ1v) is 11.6. The third-order valence-electron chi connectivity index (χ3n) is 2.27. The van der Waals surface area contributed by atoms with Crippen molar-refractivity contribution in [2.45, 2.75) is 27.7 Å². The van der Waals surface area contributed by atoms with E-state index in [0.717, 1.165) is 0 Å². The van der Waals surface area contributed by atoms with Crippen molar-refractivity contribution in [3.05, 3.63) is 122 Å². The number of rotatable bonds is 0. The molecule has 0 unspecified atom stereocenters. The van der Waals surface area contributed by atoms with Crippen LogP contribution in [0.2, 0.25) is 0 Å². The zero-order valence-electron chi connectivity index (χ0n) is 23.6. The van der Waals surface area contributed by atoms with Crippen molar-refractivity contribution in [1.29, 1.82) is 0 Å². The van der Waals surface area contributed by atoms with Crippen LogP contribution >= 0.6 is 0 Å². The number of hydrogen-bond acceptors (Lipinski definition) is 6. The zero-order chi connectivity index (χ0) is 33.1. The van der Waals surface area contributed by atoms with Crippen LogP contribution in [0.15, 0.2) is 122 Å². The Hall–Kier alpha value is -3.97. The van der Waals surface area contributed by atoms with E-state index in [4.69, 9.17) is 0 Å². The van der Waals surface area contributed by atoms with Crippen molar-refractivity contribution >= 4 is 26.1 Å². The van der Waals surface area contributed by atoms with Crippen LogP contribution in [-0.2, 0) is 26.7 Å². The molecular weight excluding hydrogens is 637 g/mol. The van der Waals surface area contributed by atoms with Gasteiger partial charge in [0.1, 0.15) is 11.6 Å². The number of halogens is 8. The molecule has 0 amide bonds. The molecule has 6 nitrogen and oxygen atoms in total. The fourth-order valence-electron chi connectivity index (χ4n) is 1.25. The normalized spacial score (nSPS) is 8.47. The van der Waals surface area contributed by atoms with Crippen LogP contribution in [-0.4, -0.2) is 46.0 Å². The Morgan fingerprint density at radius 2 is 0.465 bits per heavy atom. The van der Waals surface area contributed by atoms with Crippen molar-refractivity contribution in [3.63, 3.8) is 0 Å². The molecule has 0 aliphatic rings. The predicted octanol–water partition coefficient (Wildman–Crippen LogP) is 8.11. The summed E-state index contributed by atoms with van der Waals surface area (Å²) in [6.45, 7) is 6.11. The molecule has 0 N–H and O–H groups in total. The van der Waals surface area contributed by atoms with Crippen LogP contribution < -0.4 is 0 Å². The van der Waals surface area contributed by atoms with Gasteiger partial charge in [-0.2, -0.15) is 0 Å². The fourth-order valence-corrected chi connectivity index (χ4v) is 1.25. The maximum absolute atomic E-state index is 9.75. The van der Waals surface area contributed by atoms with Crippen LogP contribution in [0.5, 0.6) is 0 Å². The first-order chi connectivity index (χ1) is 19.5. The minimum Gasteiger partial charge on any atom is -0.418 e. The van der Waals surface area contributed by atoms with Crippen molar-refractivity contribution in [3.8, 4) is 0 Å². The van der Waals surface area contributed by atoms with Gasteiger partial charge in [-0.25, -0.2) is 0 Å². The summed E-state index contributed by atoms with van der Waals surface area (Å²) >= 11 is 0. The Balaban J connectivity index is -0.000000128. The average Bonchev–Trinajstić information content (AvgIpc) is 2.91. The van der Waals surface area contributed by atoms with Crippen LogP contribution in [0.1, 0.15) is 27.7 Å². The van der Waals surface area contributed by atoms with E-state index >= 15 is 0 Å². The number of Topliss-reactive ketones (excluding diaryl/α,β-unsaturated/α-hetero) is 2. The van der Waals surface area contributed by atoms with Crippen molar-refractivity contribution in [1.82, 2.24) is 19.9 Å². The van der Waals surface area contributed by atoms with E-state index in [-0.39, 0.29) is 28.6 Å². The second kappa shape index (κ2) is 36.1. The summed E-state index contributed by atoms with van der Waals surface area (Å²) in [5.41, 5.74) is 0. The van der Waals surface area contributed by atoms with Gasteiger partial charge >= 0.3 is 31.6 Å². The van der Waals surface area contributed by atoms with E-state index in [9.17, 15) is 44.1 Å². The SMILES string of the molecule is CC(C)=O.CC(C)=O.F[B-](F)(F)F.F[B-](F)(F)F.[Cu+2].c1ccncc1.c1ccncc1.c1ccncc1.c1ccncc1. The summed E-state index contributed by atoms with van der Waals surface area (Å²) < 4.78 is 78.0. The Bertz CT molecular complexity index is 786. The maximum Gasteiger partial charge on any atom is 2.00 e. The van der Waals surface area contributed by atoms with Crippen molar-refractivity contribution in [2.24, 2.45) is 0 Å². The maximum atomic E-state index is 9.75. The minimum absolute atomic E-state index is 0. The van der Waals surface area contributed by atoms with E-state index in [1.165, 1.54) is 27.7 Å². The molecule has 1 radical (unpaired) electrons. The van der Waals surface area contributed by atoms with Crippen LogP contribution in [0.4, 0.5) is 34.5 Å². The van der Waals surface area contributed by atoms with Crippen LogP contribution in [0.3, 0.4) is 0 Å². The molecule has 0 aliphatic carbocycles. The largest absolute Gasteiger partial charge is 2.00 e. The van der Waals surface area contributed by atoms with E-state index in [2.05, 4.69) is 19.9 Å². The van der Waals surface area contributed by atoms with Gasteiger partial charge in [-0.15, -0.1) is 0 Å². The van der Waals surface area contributed by atoms with Gasteiger partial charge in [0, 0.05) is 49.6 Å². The Morgan fingerprint density at radius 3 is 0.488 bits per heavy atom. The third-order valence-corrected chi connectivity index (χ3v) is 2.27. The molecule has 43 heavy (non-hydrogen) atoms. The number of pyridine rings is 4. The Morgan fingerprint density at radius 1 is 0.372 bits per heavy atom. The molecule has 0 spiro atoms. The molecule has 17 heteroatoms. The number of carbonyl (C=O) groups is 2. The zero-order valence-corrected chi connectivity index (χ0v) is 24.6. The van der Waals surface area contributed by atoms with E-state index < -0.39 is 14.5 Å². The van der Waals surface area contributed by atoms with Gasteiger partial charge < -0.3 is 44.1 Å². The first-order valence-electron chi connectivity index (χ1n) is 11.6. The molecular formula is C26H32B2CuF8N4O2. The molecule has 0 saturated carbocycles. The topological polar surface area (TPSA) is 85.7 Å². The van der Waals surface area contributed by atoms with Crippen LogP contribution in [0.25, 0.3) is 0 Å². The second-order valence-electron chi connectivity index (χ2n) is 6.90. The molecule has 0 aromatic carbocycles. The predicted molar refractivity (Wildman–Crippen MR) is 150 cm³/mol. The summed E-state index contributed by atoms with van der Waals surface area (Å²) in [6.07, 6.45) is 14.0. The standard InChI is InChI=1S/4C5H5N.2C3H6O.2BF4.Cu/c4*1-2-4-6-5-3-1;2*1-3(2)4;2*2-1(3,4)5;/h4*1-5H;2*1-2H3;;;/q;;;;;;2*-1;+2. The van der Waals surface area contributed by atoms with Crippen LogP contribution in [0, 0.1) is 0 Å². The molecule has 0 atom stereocenters. The van der Waals surface area contributed by atoms with Gasteiger partial charge in [-0.05, 0) is 76.2 Å². The fraction of sp³-hybridized carbons (Fsp3) is 0.154. The summed E-state index contributed by atoms with van der Waals surface area (Å²) in [6, 6.07) is 22.9. The summed E-state index contributed by atoms with van der Waals surface area (Å²) in [5, 5.41) is 0. The summed E-state index contributed by atoms with van der Waals surface area (Å²) in [5.74, 6) is 0.333. The van der Waals surface area contributed by atoms with Crippen molar-refractivity contribution < 1.29 is 61.2 Å². The van der Waals surface area contributed by atoms with Crippen molar-refractivity contribution in [2.75, 3.05) is 0 Å². The molecule has 0 bridgehead atoms. The van der Waals surface area contributed by atoms with E-state index in [1.54, 1.807) is 49.6 Å². The molecule has 4 aromatic heterocycles. The monoisotopic (exact) mass is 669 g/mol. The molecule has 0 saturated heterocycles. The molecule has 4 rings (SSSR count). The van der Waals surface area contributed by atoms with E-state index in [1.807, 2.05) is 72.8 Å². The first kappa shape index (κ1) is 48.7. The number of nitrogens with zero attached hydrogens (tertiary/aromatic N) is 4. The second-order valence-corrected chi connectivity index (χ2v) is 6.90. The number of hydrogen-bond donors (Lipinski definition) is 0. The quantitative estimate of drug-likeness (QED) is 0.139. The number of carbonyl (C=O) groups excluding carboxylic acids is 2. The Labute approximate surface area is 257 Å². The minimum atomic E-state index is -6.00. The molecule has 241 valence electrons. The van der Waals surface area contributed by atoms with Gasteiger partial charge in [-0.3, -0.25) is 19.9 Å². The van der Waals surface area contributed by atoms with Gasteiger partial charge in [0.05, 0.1) is 0 Å². The smallest absolute Gasteiger partial charge is 0.418 e. The average molecular weight is 670 g/mol. The Kier molecular flexibility index (Phi) is 40.9. The molecule has 4 aromatic rings. The molecule has 4 heterocycles.